The van der Waals surface area contributed by atoms with E-state index in [1.54, 1.807) is 7.11 Å². The maximum atomic E-state index is 13.8. The molecule has 4 aliphatic carbocycles. The Balaban J connectivity index is 1.27. The normalized spacial score (nSPS) is 30.3. The van der Waals surface area contributed by atoms with Crippen molar-refractivity contribution < 1.29 is 23.9 Å². The first kappa shape index (κ1) is 27.0. The molecule has 5 unspecified atom stereocenters. The number of fused-ring (bicyclic) bond motifs is 5. The molecular formula is C33H39NO5Si. The van der Waals surface area contributed by atoms with Crippen LogP contribution in [-0.2, 0) is 32.1 Å². The van der Waals surface area contributed by atoms with Gasteiger partial charge in [-0.05, 0) is 59.4 Å². The van der Waals surface area contributed by atoms with E-state index in [1.165, 1.54) is 18.4 Å². The highest BCUT2D eigenvalue weighted by Crippen LogP contribution is 2.78. The Bertz CT molecular complexity index is 1360. The molecule has 40 heavy (non-hydrogen) atoms. The Morgan fingerprint density at radius 2 is 1.73 bits per heavy atom. The molecule has 0 radical (unpaired) electrons. The molecule has 0 aliphatic heterocycles. The second kappa shape index (κ2) is 10.0. The largest absolute Gasteiger partial charge is 0.497 e. The van der Waals surface area contributed by atoms with Crippen LogP contribution in [0.25, 0.3) is 0 Å². The van der Waals surface area contributed by atoms with Gasteiger partial charge in [0.25, 0.3) is 0 Å². The van der Waals surface area contributed by atoms with Crippen molar-refractivity contribution in [2.24, 2.45) is 23.7 Å². The van der Waals surface area contributed by atoms with Crippen molar-refractivity contribution in [1.82, 2.24) is 5.32 Å². The maximum absolute atomic E-state index is 13.8. The first-order valence-electron chi connectivity index (χ1n) is 14.6. The number of hydrogen-bond donors (Lipinski definition) is 1. The van der Waals surface area contributed by atoms with Crippen LogP contribution in [0, 0.1) is 23.7 Å². The average molecular weight is 558 g/mol. The summed E-state index contributed by atoms with van der Waals surface area (Å²) in [6.07, 6.45) is 4.58. The zero-order chi connectivity index (χ0) is 28.2. The Kier molecular flexibility index (Phi) is 6.76. The first-order chi connectivity index (χ1) is 19.2. The number of Topliss-reactive ketones (excluding diaryl/α,β-unsaturated/α-hetero) is 1. The molecule has 6 rings (SSSR count). The second-order valence-electron chi connectivity index (χ2n) is 13.1. The number of ketones is 1. The Morgan fingerprint density at radius 3 is 2.40 bits per heavy atom. The molecule has 1 amide bonds. The fraction of sp³-hybridized carbons (Fsp3) is 0.485. The molecular weight excluding hydrogens is 518 g/mol. The zero-order valence-electron chi connectivity index (χ0n) is 23.9. The fourth-order valence-corrected chi connectivity index (χ4v) is 12.2. The molecule has 2 aromatic rings. The third-order valence-corrected chi connectivity index (χ3v) is 14.1. The lowest BCUT2D eigenvalue weighted by atomic mass is 9.47. The number of hydrogen-bond acceptors (Lipinski definition) is 5. The van der Waals surface area contributed by atoms with Crippen LogP contribution in [0.1, 0.15) is 36.8 Å². The molecule has 0 saturated heterocycles. The van der Waals surface area contributed by atoms with Crippen molar-refractivity contribution in [3.05, 3.63) is 76.9 Å². The van der Waals surface area contributed by atoms with Gasteiger partial charge in [-0.3, -0.25) is 9.59 Å². The van der Waals surface area contributed by atoms with Crippen LogP contribution in [-0.4, -0.2) is 38.9 Å². The SMILES string of the molecule is COc1ccc(COC(=O)C2=C3C4CCCC4([Si](C)(C)C)C3CC3C2C(=O)[C@H]3NC(=O)Cc2ccccc2)cc1. The zero-order valence-corrected chi connectivity index (χ0v) is 24.9. The third-order valence-electron chi connectivity index (χ3n) is 10.3. The van der Waals surface area contributed by atoms with Gasteiger partial charge in [0.05, 0.1) is 33.6 Å². The number of nitrogens with one attached hydrogen (secondary N) is 1. The van der Waals surface area contributed by atoms with Gasteiger partial charge in [0, 0.05) is 11.5 Å². The number of benzene rings is 2. The van der Waals surface area contributed by atoms with Crippen molar-refractivity contribution in [2.45, 2.75) is 69.4 Å². The molecule has 3 saturated carbocycles. The van der Waals surface area contributed by atoms with Crippen molar-refractivity contribution >= 4 is 25.7 Å². The Hall–Kier alpha value is -3.19. The predicted molar refractivity (Wildman–Crippen MR) is 155 cm³/mol. The Morgan fingerprint density at radius 1 is 1.00 bits per heavy atom. The molecule has 0 spiro atoms. The quantitative estimate of drug-likeness (QED) is 0.343. The van der Waals surface area contributed by atoms with Gasteiger partial charge in [-0.25, -0.2) is 4.79 Å². The fourth-order valence-electron chi connectivity index (χ4n) is 8.58. The molecule has 0 heterocycles. The highest BCUT2D eigenvalue weighted by molar-refractivity contribution is 6.79. The summed E-state index contributed by atoms with van der Waals surface area (Å²) in [4.78, 5) is 40.4. The van der Waals surface area contributed by atoms with E-state index >= 15 is 0 Å². The average Bonchev–Trinajstić information content (AvgIpc) is 3.33. The second-order valence-corrected chi connectivity index (χ2v) is 18.5. The third kappa shape index (κ3) is 4.16. The summed E-state index contributed by atoms with van der Waals surface area (Å²) >= 11 is 0. The van der Waals surface area contributed by atoms with Crippen LogP contribution in [0.5, 0.6) is 5.75 Å². The Labute approximate surface area is 237 Å². The molecule has 0 bridgehead atoms. The number of carbonyl (C=O) groups excluding carboxylic acids is 3. The van der Waals surface area contributed by atoms with E-state index in [2.05, 4.69) is 25.0 Å². The molecule has 3 fully saturated rings. The number of carbonyl (C=O) groups is 3. The van der Waals surface area contributed by atoms with Crippen molar-refractivity contribution in [3.63, 3.8) is 0 Å². The van der Waals surface area contributed by atoms with Gasteiger partial charge in [-0.1, -0.05) is 74.1 Å². The molecule has 4 aliphatic rings. The highest BCUT2D eigenvalue weighted by atomic mass is 28.3. The van der Waals surface area contributed by atoms with E-state index in [0.717, 1.165) is 29.7 Å². The van der Waals surface area contributed by atoms with E-state index in [-0.39, 0.29) is 41.6 Å². The van der Waals surface area contributed by atoms with Gasteiger partial charge >= 0.3 is 5.97 Å². The molecule has 0 aromatic heterocycles. The minimum Gasteiger partial charge on any atom is -0.497 e. The van der Waals surface area contributed by atoms with E-state index in [4.69, 9.17) is 9.47 Å². The molecule has 2 aromatic carbocycles. The molecule has 7 heteroatoms. The number of allylic oxidation sites excluding steroid dienone is 1. The summed E-state index contributed by atoms with van der Waals surface area (Å²) in [5, 5.41) is 3.30. The van der Waals surface area contributed by atoms with Crippen LogP contribution in [0.15, 0.2) is 65.7 Å². The lowest BCUT2D eigenvalue weighted by Gasteiger charge is -2.66. The minimum absolute atomic E-state index is 0.0442. The lowest BCUT2D eigenvalue weighted by Crippen LogP contribution is -2.68. The van der Waals surface area contributed by atoms with Crippen molar-refractivity contribution in [2.75, 3.05) is 7.11 Å². The van der Waals surface area contributed by atoms with E-state index in [9.17, 15) is 14.4 Å². The summed E-state index contributed by atoms with van der Waals surface area (Å²) in [5.74, 6) is 0.356. The minimum atomic E-state index is -1.60. The maximum Gasteiger partial charge on any atom is 0.335 e. The number of ether oxygens (including phenoxy) is 2. The van der Waals surface area contributed by atoms with Gasteiger partial charge < -0.3 is 14.8 Å². The van der Waals surface area contributed by atoms with Crippen LogP contribution in [0.4, 0.5) is 0 Å². The van der Waals surface area contributed by atoms with Crippen LogP contribution in [0.3, 0.4) is 0 Å². The number of rotatable bonds is 8. The lowest BCUT2D eigenvalue weighted by molar-refractivity contribution is -0.150. The van der Waals surface area contributed by atoms with Crippen molar-refractivity contribution in [3.8, 4) is 5.75 Å². The van der Waals surface area contributed by atoms with Gasteiger partial charge in [-0.15, -0.1) is 0 Å². The van der Waals surface area contributed by atoms with Crippen LogP contribution >= 0.6 is 0 Å². The smallest absolute Gasteiger partial charge is 0.335 e. The summed E-state index contributed by atoms with van der Waals surface area (Å²) in [5.41, 5.74) is 3.63. The van der Waals surface area contributed by atoms with Crippen molar-refractivity contribution in [1.29, 1.82) is 0 Å². The van der Waals surface area contributed by atoms with Gasteiger partial charge in [0.2, 0.25) is 5.91 Å². The van der Waals surface area contributed by atoms with E-state index in [0.29, 0.717) is 17.4 Å². The number of methoxy groups -OCH3 is 1. The summed E-state index contributed by atoms with van der Waals surface area (Å²) in [6, 6.07) is 16.5. The molecule has 6 atom stereocenters. The van der Waals surface area contributed by atoms with Crippen LogP contribution < -0.4 is 10.1 Å². The van der Waals surface area contributed by atoms with Gasteiger partial charge in [0.15, 0.2) is 5.78 Å². The highest BCUT2D eigenvalue weighted by Gasteiger charge is 2.71. The molecule has 1 N–H and O–H groups in total. The topological polar surface area (TPSA) is 81.7 Å². The molecule has 6 nitrogen and oxygen atoms in total. The number of amides is 1. The standard InChI is InChI=1S/C33H39NO5Si/c1-38-22-14-12-21(13-15-22)19-39-32(37)29-27-23(18-25-28(29)24-11-8-16-33(24,25)40(2,3)4)30(31(27)36)34-26(35)17-20-9-6-5-7-10-20/h5-7,9-10,12-15,23-25,27,30H,8,11,16-19H2,1-4H3,(H,34,35)/t23?,24?,25?,27?,30-,33?/m0/s1. The van der Waals surface area contributed by atoms with Crippen LogP contribution in [0.2, 0.25) is 24.7 Å². The summed E-state index contributed by atoms with van der Waals surface area (Å²) < 4.78 is 11.1. The van der Waals surface area contributed by atoms with Gasteiger partial charge in [-0.2, -0.15) is 0 Å². The predicted octanol–water partition coefficient (Wildman–Crippen LogP) is 5.49. The summed E-state index contributed by atoms with van der Waals surface area (Å²) in [7, 11) is 0.0215. The number of esters is 1. The summed E-state index contributed by atoms with van der Waals surface area (Å²) in [6.45, 7) is 7.53. The van der Waals surface area contributed by atoms with Gasteiger partial charge in [0.1, 0.15) is 12.4 Å². The van der Waals surface area contributed by atoms with E-state index < -0.39 is 20.0 Å². The molecule has 210 valence electrons. The first-order valence-corrected chi connectivity index (χ1v) is 18.1. The monoisotopic (exact) mass is 557 g/mol. The van der Waals surface area contributed by atoms with E-state index in [1.807, 2.05) is 54.6 Å².